The van der Waals surface area contributed by atoms with Crippen LogP contribution in [0.15, 0.2) is 52.4 Å². The summed E-state index contributed by atoms with van der Waals surface area (Å²) in [4.78, 5) is 18.3. The van der Waals surface area contributed by atoms with Crippen LogP contribution in [0.3, 0.4) is 0 Å². The van der Waals surface area contributed by atoms with Crippen molar-refractivity contribution in [2.75, 3.05) is 12.8 Å². The molecule has 2 aromatic rings. The second kappa shape index (κ2) is 6.32. The van der Waals surface area contributed by atoms with E-state index in [0.717, 1.165) is 21.9 Å². The van der Waals surface area contributed by atoms with Crippen LogP contribution in [-0.4, -0.2) is 23.5 Å². The molecule has 24 heavy (non-hydrogen) atoms. The van der Waals surface area contributed by atoms with E-state index < -0.39 is 0 Å². The van der Waals surface area contributed by atoms with E-state index in [4.69, 9.17) is 15.5 Å². The number of aliphatic imine (C=N–C) groups is 1. The number of nitrogen functional groups attached to an aromatic ring is 1. The van der Waals surface area contributed by atoms with E-state index in [1.807, 2.05) is 18.2 Å². The quantitative estimate of drug-likeness (QED) is 0.670. The molecule has 0 bridgehead atoms. The summed E-state index contributed by atoms with van der Waals surface area (Å²) in [5.41, 5.74) is 8.76. The molecule has 0 aromatic heterocycles. The van der Waals surface area contributed by atoms with Crippen molar-refractivity contribution in [3.8, 4) is 5.75 Å². The number of methoxy groups -OCH3 is 1. The van der Waals surface area contributed by atoms with Gasteiger partial charge < -0.3 is 10.5 Å². The van der Waals surface area contributed by atoms with E-state index in [9.17, 15) is 4.79 Å². The number of Topliss-reactive ketones (excluding diaryl/α,β-unsaturated/α-hetero) is 1. The number of carbonyl (C=O) groups is 1. The number of nitrogens with zero attached hydrogens (tertiary/aromatic N) is 1. The van der Waals surface area contributed by atoms with Crippen LogP contribution in [-0.2, 0) is 0 Å². The first kappa shape index (κ1) is 16.6. The number of thioether (sulfide) groups is 1. The number of hydrogen-bond acceptors (Lipinski definition) is 5. The van der Waals surface area contributed by atoms with E-state index in [1.54, 1.807) is 43.1 Å². The van der Waals surface area contributed by atoms with Crippen molar-refractivity contribution < 1.29 is 9.53 Å². The maximum Gasteiger partial charge on any atom is 0.168 e. The lowest BCUT2D eigenvalue weighted by molar-refractivity contribution is 0.100. The summed E-state index contributed by atoms with van der Waals surface area (Å²) in [5, 5.41) is 0. The van der Waals surface area contributed by atoms with Gasteiger partial charge in [0.05, 0.1) is 19.2 Å². The number of hydrogen-bond donors (Lipinski definition) is 1. The van der Waals surface area contributed by atoms with Gasteiger partial charge >= 0.3 is 0 Å². The van der Waals surface area contributed by atoms with E-state index in [-0.39, 0.29) is 17.1 Å². The van der Waals surface area contributed by atoms with Crippen LogP contribution in [0, 0.1) is 0 Å². The Balaban J connectivity index is 1.95. The summed E-state index contributed by atoms with van der Waals surface area (Å²) in [7, 11) is 1.64. The average molecular weight is 340 g/mol. The SMILES string of the molecule is COc1ccc2c(c1)C(CC(=O)c1ccc(N)cc1)=NC(C)(C)S2. The zero-order valence-corrected chi connectivity index (χ0v) is 14.8. The van der Waals surface area contributed by atoms with Crippen molar-refractivity contribution in [1.82, 2.24) is 0 Å². The molecule has 0 saturated carbocycles. The van der Waals surface area contributed by atoms with Crippen LogP contribution in [0.25, 0.3) is 0 Å². The zero-order valence-electron chi connectivity index (χ0n) is 14.0. The van der Waals surface area contributed by atoms with Crippen LogP contribution in [0.4, 0.5) is 5.69 Å². The number of anilines is 1. The number of ketones is 1. The molecule has 0 aliphatic carbocycles. The van der Waals surface area contributed by atoms with Crippen molar-refractivity contribution in [3.63, 3.8) is 0 Å². The lowest BCUT2D eigenvalue weighted by Gasteiger charge is -2.28. The predicted octanol–water partition coefficient (Wildman–Crippen LogP) is 4.18. The molecule has 4 nitrogen and oxygen atoms in total. The van der Waals surface area contributed by atoms with Crippen LogP contribution >= 0.6 is 11.8 Å². The summed E-state index contributed by atoms with van der Waals surface area (Å²) in [6.07, 6.45) is 0.258. The van der Waals surface area contributed by atoms with Crippen molar-refractivity contribution >= 4 is 28.9 Å². The van der Waals surface area contributed by atoms with Gasteiger partial charge in [-0.2, -0.15) is 0 Å². The highest BCUT2D eigenvalue weighted by Crippen LogP contribution is 2.42. The monoisotopic (exact) mass is 340 g/mol. The molecule has 5 heteroatoms. The Kier molecular flexibility index (Phi) is 4.37. The summed E-state index contributed by atoms with van der Waals surface area (Å²) in [6, 6.07) is 12.9. The Morgan fingerprint density at radius 3 is 2.58 bits per heavy atom. The fourth-order valence-corrected chi connectivity index (χ4v) is 3.80. The standard InChI is InChI=1S/C19H20N2O2S/c1-19(2)21-16(11-17(22)12-4-6-13(20)7-5-12)15-10-14(23-3)8-9-18(15)24-19/h4-10H,11,20H2,1-3H3. The van der Waals surface area contributed by atoms with Gasteiger partial charge in [-0.05, 0) is 56.3 Å². The highest BCUT2D eigenvalue weighted by atomic mass is 32.2. The highest BCUT2D eigenvalue weighted by Gasteiger charge is 2.29. The summed E-state index contributed by atoms with van der Waals surface area (Å²) in [6.45, 7) is 4.11. The topological polar surface area (TPSA) is 64.7 Å². The molecule has 2 N–H and O–H groups in total. The Morgan fingerprint density at radius 2 is 1.92 bits per heavy atom. The van der Waals surface area contributed by atoms with Crippen LogP contribution in [0.2, 0.25) is 0 Å². The van der Waals surface area contributed by atoms with Crippen molar-refractivity contribution in [2.24, 2.45) is 4.99 Å². The largest absolute Gasteiger partial charge is 0.497 e. The maximum atomic E-state index is 12.6. The zero-order chi connectivity index (χ0) is 17.3. The molecule has 0 spiro atoms. The average Bonchev–Trinajstić information content (AvgIpc) is 2.54. The van der Waals surface area contributed by atoms with Crippen molar-refractivity contribution in [3.05, 3.63) is 53.6 Å². The van der Waals surface area contributed by atoms with E-state index in [1.165, 1.54) is 0 Å². The number of nitrogens with two attached hydrogens (primary N) is 1. The minimum Gasteiger partial charge on any atom is -0.497 e. The number of benzene rings is 2. The maximum absolute atomic E-state index is 12.6. The minimum atomic E-state index is -0.293. The normalized spacial score (nSPS) is 15.4. The first-order valence-electron chi connectivity index (χ1n) is 7.73. The smallest absolute Gasteiger partial charge is 0.168 e. The minimum absolute atomic E-state index is 0.0326. The van der Waals surface area contributed by atoms with Gasteiger partial charge in [0.25, 0.3) is 0 Å². The molecular formula is C19H20N2O2S. The van der Waals surface area contributed by atoms with Gasteiger partial charge in [-0.1, -0.05) is 11.8 Å². The second-order valence-electron chi connectivity index (χ2n) is 6.19. The summed E-state index contributed by atoms with van der Waals surface area (Å²) >= 11 is 1.69. The van der Waals surface area contributed by atoms with E-state index >= 15 is 0 Å². The molecule has 0 radical (unpaired) electrons. The molecule has 0 unspecified atom stereocenters. The molecule has 1 heterocycles. The molecular weight excluding hydrogens is 320 g/mol. The molecule has 1 aliphatic rings. The number of carbonyl (C=O) groups excluding carboxylic acids is 1. The molecule has 124 valence electrons. The van der Waals surface area contributed by atoms with Gasteiger partial charge in [-0.25, -0.2) is 0 Å². The van der Waals surface area contributed by atoms with Gasteiger partial charge in [0.2, 0.25) is 0 Å². The highest BCUT2D eigenvalue weighted by molar-refractivity contribution is 8.00. The number of rotatable bonds is 4. The van der Waals surface area contributed by atoms with Crippen molar-refractivity contribution in [2.45, 2.75) is 30.0 Å². The number of fused-ring (bicyclic) bond motifs is 1. The Morgan fingerprint density at radius 1 is 1.21 bits per heavy atom. The van der Waals surface area contributed by atoms with Gasteiger partial charge in [-0.3, -0.25) is 9.79 Å². The fraction of sp³-hybridized carbons (Fsp3) is 0.263. The van der Waals surface area contributed by atoms with Gasteiger partial charge in [0.15, 0.2) is 5.78 Å². The molecule has 0 atom stereocenters. The third kappa shape index (κ3) is 3.46. The summed E-state index contributed by atoms with van der Waals surface area (Å²) in [5.74, 6) is 0.798. The van der Waals surface area contributed by atoms with E-state index in [2.05, 4.69) is 13.8 Å². The van der Waals surface area contributed by atoms with Crippen LogP contribution in [0.5, 0.6) is 5.75 Å². The van der Waals surface area contributed by atoms with Gasteiger partial charge in [0, 0.05) is 21.7 Å². The molecule has 1 aliphatic heterocycles. The summed E-state index contributed by atoms with van der Waals surface area (Å²) < 4.78 is 5.32. The number of ether oxygens (including phenoxy) is 1. The van der Waals surface area contributed by atoms with Crippen LogP contribution in [0.1, 0.15) is 36.2 Å². The lowest BCUT2D eigenvalue weighted by atomic mass is 9.99. The van der Waals surface area contributed by atoms with Gasteiger partial charge in [0.1, 0.15) is 10.6 Å². The first-order valence-corrected chi connectivity index (χ1v) is 8.54. The van der Waals surface area contributed by atoms with E-state index in [0.29, 0.717) is 11.3 Å². The molecule has 3 rings (SSSR count). The molecule has 0 amide bonds. The first-order chi connectivity index (χ1) is 11.4. The van der Waals surface area contributed by atoms with Crippen molar-refractivity contribution in [1.29, 1.82) is 0 Å². The third-order valence-corrected chi connectivity index (χ3v) is 4.99. The molecule has 0 saturated heterocycles. The second-order valence-corrected chi connectivity index (χ2v) is 7.83. The predicted molar refractivity (Wildman–Crippen MR) is 99.3 cm³/mol. The van der Waals surface area contributed by atoms with Crippen LogP contribution < -0.4 is 10.5 Å². The Labute approximate surface area is 146 Å². The van der Waals surface area contributed by atoms with Gasteiger partial charge in [-0.15, -0.1) is 0 Å². The Bertz CT molecular complexity index is 811. The Hall–Kier alpha value is -2.27. The molecule has 2 aromatic carbocycles. The third-order valence-electron chi connectivity index (χ3n) is 3.82. The molecule has 0 fully saturated rings. The lowest BCUT2D eigenvalue weighted by Crippen LogP contribution is -2.23. The fourth-order valence-electron chi connectivity index (χ4n) is 2.69.